The van der Waals surface area contributed by atoms with Crippen molar-refractivity contribution in [1.29, 1.82) is 0 Å². The Balaban J connectivity index is 2.09. The van der Waals surface area contributed by atoms with E-state index in [0.29, 0.717) is 0 Å². The zero-order chi connectivity index (χ0) is 14.5. The lowest BCUT2D eigenvalue weighted by Crippen LogP contribution is -2.25. The Kier molecular flexibility index (Phi) is 5.26. The number of nitrogens with zero attached hydrogens (tertiary/aromatic N) is 1. The number of benzene rings is 1. The Bertz CT molecular complexity index is 539. The van der Waals surface area contributed by atoms with E-state index in [-0.39, 0.29) is 17.9 Å². The highest BCUT2D eigenvalue weighted by Gasteiger charge is 2.14. The molecule has 0 amide bonds. The molecule has 4 heteroatoms. The summed E-state index contributed by atoms with van der Waals surface area (Å²) in [5.74, 6) is -0.301. The molecule has 0 saturated carbocycles. The average Bonchev–Trinajstić information content (AvgIpc) is 2.46. The summed E-state index contributed by atoms with van der Waals surface area (Å²) in [6, 6.07) is 11.8. The Morgan fingerprint density at radius 2 is 1.90 bits per heavy atom. The second kappa shape index (κ2) is 6.95. The molecule has 2 unspecified atom stereocenters. The molecule has 0 spiro atoms. The summed E-state index contributed by atoms with van der Waals surface area (Å²) in [4.78, 5) is 4.17. The van der Waals surface area contributed by atoms with Gasteiger partial charge in [0.05, 0.1) is 11.9 Å². The highest BCUT2D eigenvalue weighted by Crippen LogP contribution is 2.22. The first-order valence-corrected chi connectivity index (χ1v) is 7.52. The molecule has 0 radical (unpaired) electrons. The molecule has 1 aromatic heterocycles. The maximum Gasteiger partial charge on any atom is 0.141 e. The predicted molar refractivity (Wildman–Crippen MR) is 82.9 cm³/mol. The fourth-order valence-electron chi connectivity index (χ4n) is 2.16. The lowest BCUT2D eigenvalue weighted by Gasteiger charge is -2.22. The van der Waals surface area contributed by atoms with Gasteiger partial charge in [-0.15, -0.1) is 0 Å². The molecule has 2 rings (SSSR count). The number of aromatic nitrogens is 1. The van der Waals surface area contributed by atoms with Crippen molar-refractivity contribution in [3.8, 4) is 0 Å². The van der Waals surface area contributed by atoms with E-state index in [1.54, 1.807) is 6.07 Å². The first kappa shape index (κ1) is 15.1. The molecule has 0 aliphatic rings. The van der Waals surface area contributed by atoms with E-state index < -0.39 is 0 Å². The molecule has 0 bridgehead atoms. The van der Waals surface area contributed by atoms with Gasteiger partial charge >= 0.3 is 0 Å². The molecule has 0 aliphatic heterocycles. The summed E-state index contributed by atoms with van der Waals surface area (Å²) >= 11 is 3.44. The lowest BCUT2D eigenvalue weighted by atomic mass is 10.0. The van der Waals surface area contributed by atoms with Crippen LogP contribution in [0.4, 0.5) is 4.39 Å². The summed E-state index contributed by atoms with van der Waals surface area (Å²) in [5.41, 5.74) is 2.09. The average molecular weight is 337 g/mol. The van der Waals surface area contributed by atoms with Crippen LogP contribution in [0.25, 0.3) is 0 Å². The minimum absolute atomic E-state index is 0.120. The Labute approximate surface area is 127 Å². The fourth-order valence-corrected chi connectivity index (χ4v) is 2.42. The minimum atomic E-state index is -0.301. The number of nitrogens with one attached hydrogen (secondary N) is 1. The van der Waals surface area contributed by atoms with Gasteiger partial charge in [-0.1, -0.05) is 35.0 Å². The Morgan fingerprint density at radius 1 is 1.20 bits per heavy atom. The zero-order valence-electron chi connectivity index (χ0n) is 11.6. The van der Waals surface area contributed by atoms with E-state index >= 15 is 0 Å². The van der Waals surface area contributed by atoms with Crippen LogP contribution < -0.4 is 5.32 Å². The van der Waals surface area contributed by atoms with E-state index in [4.69, 9.17) is 0 Å². The number of halogens is 2. The van der Waals surface area contributed by atoms with Crippen LogP contribution in [0.5, 0.6) is 0 Å². The van der Waals surface area contributed by atoms with Crippen molar-refractivity contribution >= 4 is 15.9 Å². The molecular formula is C16H18BrFN2. The zero-order valence-corrected chi connectivity index (χ0v) is 13.2. The van der Waals surface area contributed by atoms with Gasteiger partial charge in [0.15, 0.2) is 0 Å². The Hall–Kier alpha value is -1.26. The van der Waals surface area contributed by atoms with Gasteiger partial charge in [0.1, 0.15) is 5.82 Å². The highest BCUT2D eigenvalue weighted by atomic mass is 79.9. The van der Waals surface area contributed by atoms with Crippen LogP contribution >= 0.6 is 15.9 Å². The molecule has 0 fully saturated rings. The number of hydrogen-bond acceptors (Lipinski definition) is 2. The van der Waals surface area contributed by atoms with E-state index in [9.17, 15) is 4.39 Å². The third kappa shape index (κ3) is 3.87. The lowest BCUT2D eigenvalue weighted by molar-refractivity contribution is 0.447. The van der Waals surface area contributed by atoms with Crippen molar-refractivity contribution in [2.24, 2.45) is 0 Å². The molecule has 2 nitrogen and oxygen atoms in total. The molecule has 0 aliphatic carbocycles. The quantitative estimate of drug-likeness (QED) is 0.849. The van der Waals surface area contributed by atoms with Crippen LogP contribution in [0, 0.1) is 5.82 Å². The van der Waals surface area contributed by atoms with Gasteiger partial charge in [-0.05, 0) is 43.2 Å². The molecule has 1 N–H and O–H groups in total. The third-order valence-corrected chi connectivity index (χ3v) is 3.87. The van der Waals surface area contributed by atoms with Gasteiger partial charge in [-0.2, -0.15) is 0 Å². The van der Waals surface area contributed by atoms with Gasteiger partial charge in [-0.25, -0.2) is 4.39 Å². The molecule has 2 aromatic rings. The second-order valence-corrected chi connectivity index (χ2v) is 5.72. The van der Waals surface area contributed by atoms with Gasteiger partial charge in [0.2, 0.25) is 0 Å². The van der Waals surface area contributed by atoms with E-state index in [2.05, 4.69) is 52.2 Å². The third-order valence-electron chi connectivity index (χ3n) is 3.34. The molecule has 20 heavy (non-hydrogen) atoms. The fraction of sp³-hybridized carbons (Fsp3) is 0.312. The van der Waals surface area contributed by atoms with Crippen LogP contribution in [0.3, 0.4) is 0 Å². The largest absolute Gasteiger partial charge is 0.302 e. The first-order valence-electron chi connectivity index (χ1n) is 6.73. The van der Waals surface area contributed by atoms with Gasteiger partial charge in [0, 0.05) is 16.6 Å². The predicted octanol–water partition coefficient (Wildman–Crippen LogP) is 4.79. The standard InChI is InChI=1S/C16H18BrFN2/c1-3-15(16-9-8-14(18)10-19-16)20-11(2)12-4-6-13(17)7-5-12/h4-11,15,20H,3H2,1-2H3. The maximum absolute atomic E-state index is 12.9. The number of rotatable bonds is 5. The molecule has 0 saturated heterocycles. The maximum atomic E-state index is 12.9. The van der Waals surface area contributed by atoms with E-state index in [1.165, 1.54) is 17.8 Å². The second-order valence-electron chi connectivity index (χ2n) is 4.80. The summed E-state index contributed by atoms with van der Waals surface area (Å²) in [7, 11) is 0. The van der Waals surface area contributed by atoms with Crippen molar-refractivity contribution in [3.63, 3.8) is 0 Å². The van der Waals surface area contributed by atoms with Gasteiger partial charge < -0.3 is 5.32 Å². The van der Waals surface area contributed by atoms with Crippen LogP contribution in [0.15, 0.2) is 47.1 Å². The van der Waals surface area contributed by atoms with Crippen LogP contribution in [-0.2, 0) is 0 Å². The minimum Gasteiger partial charge on any atom is -0.302 e. The summed E-state index contributed by atoms with van der Waals surface area (Å²) in [6.07, 6.45) is 2.17. The van der Waals surface area contributed by atoms with E-state index in [0.717, 1.165) is 16.6 Å². The van der Waals surface area contributed by atoms with Crippen molar-refractivity contribution in [2.75, 3.05) is 0 Å². The number of hydrogen-bond donors (Lipinski definition) is 1. The SMILES string of the molecule is CCC(NC(C)c1ccc(Br)cc1)c1ccc(F)cn1. The first-order chi connectivity index (χ1) is 9.60. The number of pyridine rings is 1. The van der Waals surface area contributed by atoms with Gasteiger partial charge in [-0.3, -0.25) is 4.98 Å². The molecule has 106 valence electrons. The van der Waals surface area contributed by atoms with E-state index in [1.807, 2.05) is 12.1 Å². The van der Waals surface area contributed by atoms with Crippen molar-refractivity contribution in [1.82, 2.24) is 10.3 Å². The molecule has 1 heterocycles. The van der Waals surface area contributed by atoms with Gasteiger partial charge in [0.25, 0.3) is 0 Å². The van der Waals surface area contributed by atoms with Crippen LogP contribution in [-0.4, -0.2) is 4.98 Å². The molecular weight excluding hydrogens is 319 g/mol. The van der Waals surface area contributed by atoms with Crippen molar-refractivity contribution in [2.45, 2.75) is 32.4 Å². The monoisotopic (exact) mass is 336 g/mol. The molecule has 1 aromatic carbocycles. The summed E-state index contributed by atoms with van der Waals surface area (Å²) in [6.45, 7) is 4.21. The van der Waals surface area contributed by atoms with Crippen LogP contribution in [0.1, 0.15) is 43.6 Å². The normalized spacial score (nSPS) is 14.0. The molecule has 2 atom stereocenters. The van der Waals surface area contributed by atoms with Crippen molar-refractivity contribution in [3.05, 3.63) is 64.1 Å². The highest BCUT2D eigenvalue weighted by molar-refractivity contribution is 9.10. The smallest absolute Gasteiger partial charge is 0.141 e. The Morgan fingerprint density at radius 3 is 2.45 bits per heavy atom. The summed E-state index contributed by atoms with van der Waals surface area (Å²) < 4.78 is 14.0. The van der Waals surface area contributed by atoms with Crippen molar-refractivity contribution < 1.29 is 4.39 Å². The topological polar surface area (TPSA) is 24.9 Å². The summed E-state index contributed by atoms with van der Waals surface area (Å²) in [5, 5.41) is 3.54. The van der Waals surface area contributed by atoms with Crippen LogP contribution in [0.2, 0.25) is 0 Å².